The lowest BCUT2D eigenvalue weighted by atomic mass is 10.1. The van der Waals surface area contributed by atoms with Gasteiger partial charge in [-0.05, 0) is 55.6 Å². The zero-order valence-corrected chi connectivity index (χ0v) is 19.3. The molecule has 0 aliphatic carbocycles. The number of benzene rings is 2. The molecule has 0 unspecified atom stereocenters. The monoisotopic (exact) mass is 456 g/mol. The minimum atomic E-state index is -3.33. The molecule has 0 saturated heterocycles. The van der Waals surface area contributed by atoms with E-state index in [4.69, 9.17) is 5.26 Å². The topological polar surface area (TPSA) is 94.4 Å². The maximum Gasteiger partial charge on any atom is 0.260 e. The van der Waals surface area contributed by atoms with E-state index in [1.807, 2.05) is 0 Å². The first kappa shape index (κ1) is 22.9. The minimum Gasteiger partial charge on any atom is -0.302 e. The van der Waals surface area contributed by atoms with Crippen LogP contribution in [0.4, 0.5) is 5.13 Å². The lowest BCUT2D eigenvalue weighted by Gasteiger charge is -2.24. The van der Waals surface area contributed by atoms with E-state index in [9.17, 15) is 13.2 Å². The summed E-state index contributed by atoms with van der Waals surface area (Å²) in [5, 5.41) is 9.53. The van der Waals surface area contributed by atoms with Crippen LogP contribution in [0.2, 0.25) is 0 Å². The third-order valence-electron chi connectivity index (χ3n) is 5.05. The van der Waals surface area contributed by atoms with Crippen molar-refractivity contribution in [3.63, 3.8) is 0 Å². The number of sulfone groups is 1. The zero-order valence-electron chi connectivity index (χ0n) is 17.7. The molecule has 1 aromatic heterocycles. The molecule has 0 saturated carbocycles. The van der Waals surface area contributed by atoms with Crippen LogP contribution in [0.5, 0.6) is 0 Å². The van der Waals surface area contributed by atoms with Gasteiger partial charge in [0.2, 0.25) is 0 Å². The van der Waals surface area contributed by atoms with Gasteiger partial charge >= 0.3 is 0 Å². The average molecular weight is 457 g/mol. The highest BCUT2D eigenvalue weighted by Crippen LogP contribution is 2.31. The molecule has 162 valence electrons. The first-order valence-corrected chi connectivity index (χ1v) is 12.6. The number of thiazole rings is 1. The molecule has 0 bridgehead atoms. The van der Waals surface area contributed by atoms with E-state index >= 15 is 0 Å². The van der Waals surface area contributed by atoms with Gasteiger partial charge in [0.25, 0.3) is 5.91 Å². The predicted octanol–water partition coefficient (Wildman–Crippen LogP) is 3.56. The number of aromatic nitrogens is 1. The van der Waals surface area contributed by atoms with Gasteiger partial charge in [-0.25, -0.2) is 13.4 Å². The summed E-state index contributed by atoms with van der Waals surface area (Å²) >= 11 is 1.29. The summed E-state index contributed by atoms with van der Waals surface area (Å²) in [6.45, 7) is 7.00. The molecule has 1 amide bonds. The number of hydrogen-bond acceptors (Lipinski definition) is 7. The van der Waals surface area contributed by atoms with Gasteiger partial charge in [-0.1, -0.05) is 25.2 Å². The molecular weight excluding hydrogens is 432 g/mol. The van der Waals surface area contributed by atoms with Crippen molar-refractivity contribution in [1.29, 1.82) is 5.26 Å². The first-order valence-electron chi connectivity index (χ1n) is 9.91. The molecule has 0 N–H and O–H groups in total. The fourth-order valence-corrected chi connectivity index (χ4v) is 4.90. The van der Waals surface area contributed by atoms with E-state index in [2.05, 4.69) is 29.8 Å². The Morgan fingerprint density at radius 3 is 2.35 bits per heavy atom. The number of anilines is 1. The third kappa shape index (κ3) is 5.28. The van der Waals surface area contributed by atoms with Crippen molar-refractivity contribution in [3.05, 3.63) is 53.6 Å². The number of fused-ring (bicyclic) bond motifs is 1. The average Bonchev–Trinajstić information content (AvgIpc) is 3.19. The van der Waals surface area contributed by atoms with Gasteiger partial charge in [0, 0.05) is 24.9 Å². The molecule has 0 fully saturated rings. The molecule has 9 heteroatoms. The molecule has 1 heterocycles. The summed E-state index contributed by atoms with van der Waals surface area (Å²) in [5.74, 6) is -0.209. The molecule has 31 heavy (non-hydrogen) atoms. The van der Waals surface area contributed by atoms with Crippen molar-refractivity contribution < 1.29 is 13.2 Å². The molecule has 2 aromatic carbocycles. The van der Waals surface area contributed by atoms with E-state index in [0.29, 0.717) is 39.6 Å². The second kappa shape index (κ2) is 9.56. The number of hydrogen-bond donors (Lipinski definition) is 0. The number of rotatable bonds is 8. The molecule has 0 radical (unpaired) electrons. The highest BCUT2D eigenvalue weighted by Gasteiger charge is 2.22. The lowest BCUT2D eigenvalue weighted by molar-refractivity contribution is 0.0983. The number of nitrogens with zero attached hydrogens (tertiary/aromatic N) is 4. The zero-order chi connectivity index (χ0) is 22.6. The lowest BCUT2D eigenvalue weighted by Crippen LogP contribution is -2.38. The molecule has 3 aromatic rings. The molecule has 7 nitrogen and oxygen atoms in total. The van der Waals surface area contributed by atoms with Gasteiger partial charge in [0.05, 0.1) is 26.7 Å². The Balaban J connectivity index is 2.00. The van der Waals surface area contributed by atoms with Crippen LogP contribution in [0.1, 0.15) is 29.8 Å². The maximum absolute atomic E-state index is 13.3. The minimum absolute atomic E-state index is 0.209. The Labute approximate surface area is 186 Å². The van der Waals surface area contributed by atoms with Crippen LogP contribution >= 0.6 is 11.3 Å². The normalized spacial score (nSPS) is 11.6. The SMILES string of the molecule is CCN(CC)CCN(C(=O)c1ccc(C#N)cc1)c1nc2ccc(S(C)(=O)=O)cc2s1. The Morgan fingerprint density at radius 2 is 1.77 bits per heavy atom. The van der Waals surface area contributed by atoms with Crippen molar-refractivity contribution in [3.8, 4) is 6.07 Å². The van der Waals surface area contributed by atoms with Gasteiger partial charge in [-0.2, -0.15) is 5.26 Å². The maximum atomic E-state index is 13.3. The van der Waals surface area contributed by atoms with Crippen molar-refractivity contribution in [1.82, 2.24) is 9.88 Å². The predicted molar refractivity (Wildman–Crippen MR) is 123 cm³/mol. The van der Waals surface area contributed by atoms with E-state index in [0.717, 1.165) is 13.1 Å². The van der Waals surface area contributed by atoms with Crippen molar-refractivity contribution >= 4 is 42.4 Å². The Morgan fingerprint density at radius 1 is 1.10 bits per heavy atom. The van der Waals surface area contributed by atoms with E-state index in [-0.39, 0.29) is 10.8 Å². The van der Waals surface area contributed by atoms with Gasteiger partial charge < -0.3 is 4.90 Å². The van der Waals surface area contributed by atoms with Crippen molar-refractivity contribution in [2.24, 2.45) is 0 Å². The Bertz CT molecular complexity index is 1220. The van der Waals surface area contributed by atoms with Crippen molar-refractivity contribution in [2.45, 2.75) is 18.7 Å². The van der Waals surface area contributed by atoms with Gasteiger partial charge in [0.15, 0.2) is 15.0 Å². The molecule has 0 spiro atoms. The van der Waals surface area contributed by atoms with Crippen LogP contribution in [0.3, 0.4) is 0 Å². The largest absolute Gasteiger partial charge is 0.302 e. The van der Waals surface area contributed by atoms with Crippen LogP contribution < -0.4 is 4.90 Å². The van der Waals surface area contributed by atoms with Gasteiger partial charge in [-0.15, -0.1) is 0 Å². The van der Waals surface area contributed by atoms with E-state index in [1.165, 1.54) is 23.7 Å². The molecule has 0 aliphatic heterocycles. The summed E-state index contributed by atoms with van der Waals surface area (Å²) in [4.78, 5) is 22.0. The molecule has 0 aliphatic rings. The fraction of sp³-hybridized carbons (Fsp3) is 0.318. The van der Waals surface area contributed by atoms with Gasteiger partial charge in [0.1, 0.15) is 0 Å². The summed E-state index contributed by atoms with van der Waals surface area (Å²) in [6.07, 6.45) is 1.17. The molecule has 0 atom stereocenters. The number of nitriles is 1. The van der Waals surface area contributed by atoms with Crippen LogP contribution in [-0.4, -0.2) is 56.6 Å². The smallest absolute Gasteiger partial charge is 0.260 e. The fourth-order valence-electron chi connectivity index (χ4n) is 3.15. The Kier molecular flexibility index (Phi) is 7.05. The highest BCUT2D eigenvalue weighted by atomic mass is 32.2. The van der Waals surface area contributed by atoms with E-state index < -0.39 is 9.84 Å². The van der Waals surface area contributed by atoms with E-state index in [1.54, 1.807) is 41.3 Å². The summed E-state index contributed by atoms with van der Waals surface area (Å²) in [7, 11) is -3.33. The summed E-state index contributed by atoms with van der Waals surface area (Å²) in [6, 6.07) is 13.4. The van der Waals surface area contributed by atoms with Crippen LogP contribution in [0.25, 0.3) is 10.2 Å². The third-order valence-corrected chi connectivity index (χ3v) is 7.20. The molecule has 3 rings (SSSR count). The second-order valence-corrected chi connectivity index (χ2v) is 10.1. The van der Waals surface area contributed by atoms with Gasteiger partial charge in [-0.3, -0.25) is 9.69 Å². The number of amides is 1. The van der Waals surface area contributed by atoms with Crippen LogP contribution in [-0.2, 0) is 9.84 Å². The number of carbonyl (C=O) groups excluding carboxylic acids is 1. The second-order valence-electron chi connectivity index (χ2n) is 7.07. The number of likely N-dealkylation sites (N-methyl/N-ethyl adjacent to an activating group) is 1. The highest BCUT2D eigenvalue weighted by molar-refractivity contribution is 7.90. The number of carbonyl (C=O) groups is 1. The van der Waals surface area contributed by atoms with Crippen LogP contribution in [0, 0.1) is 11.3 Å². The van der Waals surface area contributed by atoms with Crippen molar-refractivity contribution in [2.75, 3.05) is 37.3 Å². The Hall–Kier alpha value is -2.80. The molecular formula is C22H24N4O3S2. The standard InChI is InChI=1S/C22H24N4O3S2/c1-4-25(5-2)12-13-26(21(27)17-8-6-16(15-23)7-9-17)22-24-19-11-10-18(31(3,28)29)14-20(19)30-22/h6-11,14H,4-5,12-13H2,1-3H3. The van der Waals surface area contributed by atoms with Crippen LogP contribution in [0.15, 0.2) is 47.4 Å². The first-order chi connectivity index (χ1) is 14.8. The quantitative estimate of drug-likeness (QED) is 0.514. The summed E-state index contributed by atoms with van der Waals surface area (Å²) < 4.78 is 24.5. The summed E-state index contributed by atoms with van der Waals surface area (Å²) in [5.41, 5.74) is 1.60.